The van der Waals surface area contributed by atoms with Crippen LogP contribution in [0.25, 0.3) is 0 Å². The van der Waals surface area contributed by atoms with Gasteiger partial charge in [-0.05, 0) is 17.9 Å². The molecule has 1 aromatic rings. The molecule has 1 fully saturated rings. The summed E-state index contributed by atoms with van der Waals surface area (Å²) in [6.07, 6.45) is 4.63. The highest BCUT2D eigenvalue weighted by Gasteiger charge is 2.21. The lowest BCUT2D eigenvalue weighted by Crippen LogP contribution is -2.49. The summed E-state index contributed by atoms with van der Waals surface area (Å²) in [5.74, 6) is 0.650. The Kier molecular flexibility index (Phi) is 6.85. The molecule has 2 rings (SSSR count). The molecule has 0 spiro atoms. The average Bonchev–Trinajstić information content (AvgIpc) is 2.90. The Labute approximate surface area is 138 Å². The quantitative estimate of drug-likeness (QED) is 0.772. The van der Waals surface area contributed by atoms with Crippen LogP contribution >= 0.6 is 0 Å². The van der Waals surface area contributed by atoms with Gasteiger partial charge in [-0.3, -0.25) is 9.58 Å². The summed E-state index contributed by atoms with van der Waals surface area (Å²) >= 11 is 0. The van der Waals surface area contributed by atoms with Gasteiger partial charge in [0.15, 0.2) is 0 Å². The highest BCUT2D eigenvalue weighted by molar-refractivity contribution is 5.73. The van der Waals surface area contributed by atoms with Gasteiger partial charge >= 0.3 is 6.03 Å². The van der Waals surface area contributed by atoms with Gasteiger partial charge in [0.1, 0.15) is 0 Å². The van der Waals surface area contributed by atoms with Crippen LogP contribution in [0.3, 0.4) is 0 Å². The molecular weight excluding hydrogens is 294 g/mol. The van der Waals surface area contributed by atoms with Gasteiger partial charge < -0.3 is 15.4 Å². The van der Waals surface area contributed by atoms with E-state index in [9.17, 15) is 4.79 Å². The predicted octanol–water partition coefficient (Wildman–Crippen LogP) is 0.619. The molecule has 23 heavy (non-hydrogen) atoms. The van der Waals surface area contributed by atoms with Crippen molar-refractivity contribution in [3.05, 3.63) is 18.0 Å². The fourth-order valence-electron chi connectivity index (χ4n) is 2.78. The topological polar surface area (TPSA) is 71.4 Å². The Morgan fingerprint density at radius 3 is 3.00 bits per heavy atom. The lowest BCUT2D eigenvalue weighted by Gasteiger charge is -2.33. The number of urea groups is 1. The Bertz CT molecular complexity index is 489. The second kappa shape index (κ2) is 8.88. The number of nitrogens with one attached hydrogen (secondary N) is 2. The molecule has 2 heterocycles. The van der Waals surface area contributed by atoms with Gasteiger partial charge in [-0.1, -0.05) is 13.8 Å². The summed E-state index contributed by atoms with van der Waals surface area (Å²) in [4.78, 5) is 14.2. The van der Waals surface area contributed by atoms with Crippen molar-refractivity contribution in [3.8, 4) is 0 Å². The van der Waals surface area contributed by atoms with Gasteiger partial charge in [0.25, 0.3) is 0 Å². The van der Waals surface area contributed by atoms with Crippen LogP contribution in [0.5, 0.6) is 0 Å². The van der Waals surface area contributed by atoms with Crippen molar-refractivity contribution in [2.45, 2.75) is 26.4 Å². The fourth-order valence-corrected chi connectivity index (χ4v) is 2.78. The number of hydrogen-bond acceptors (Lipinski definition) is 4. The molecule has 0 saturated carbocycles. The van der Waals surface area contributed by atoms with E-state index in [1.807, 2.05) is 19.4 Å². The molecule has 1 aromatic heterocycles. The minimum atomic E-state index is -0.140. The molecule has 0 bridgehead atoms. The molecule has 1 saturated heterocycles. The van der Waals surface area contributed by atoms with Crippen LogP contribution in [0.15, 0.2) is 12.4 Å². The molecule has 0 radical (unpaired) electrons. The largest absolute Gasteiger partial charge is 0.374 e. The maximum absolute atomic E-state index is 11.8. The van der Waals surface area contributed by atoms with Crippen LogP contribution in [0.1, 0.15) is 19.4 Å². The number of rotatable bonds is 7. The van der Waals surface area contributed by atoms with E-state index in [1.54, 1.807) is 4.68 Å². The highest BCUT2D eigenvalue weighted by Crippen LogP contribution is 2.07. The number of hydrogen-bond donors (Lipinski definition) is 2. The zero-order valence-corrected chi connectivity index (χ0v) is 14.4. The number of carbonyl (C=O) groups excluding carboxylic acids is 1. The summed E-state index contributed by atoms with van der Waals surface area (Å²) in [5, 5.41) is 9.87. The van der Waals surface area contributed by atoms with Crippen molar-refractivity contribution in [2.24, 2.45) is 13.0 Å². The van der Waals surface area contributed by atoms with Crippen LogP contribution in [-0.4, -0.2) is 66.1 Å². The van der Waals surface area contributed by atoms with Crippen molar-refractivity contribution < 1.29 is 9.53 Å². The van der Waals surface area contributed by atoms with Crippen LogP contribution in [0, 0.1) is 5.92 Å². The minimum absolute atomic E-state index is 0.0755. The van der Waals surface area contributed by atoms with Crippen LogP contribution < -0.4 is 10.6 Å². The van der Waals surface area contributed by atoms with Gasteiger partial charge in [-0.15, -0.1) is 0 Å². The highest BCUT2D eigenvalue weighted by atomic mass is 16.5. The molecule has 2 N–H and O–H groups in total. The summed E-state index contributed by atoms with van der Waals surface area (Å²) in [5.41, 5.74) is 1.12. The van der Waals surface area contributed by atoms with Crippen molar-refractivity contribution in [1.82, 2.24) is 25.3 Å². The van der Waals surface area contributed by atoms with Gasteiger partial charge in [0.05, 0.1) is 18.9 Å². The van der Waals surface area contributed by atoms with Gasteiger partial charge in [-0.25, -0.2) is 4.79 Å². The zero-order valence-electron chi connectivity index (χ0n) is 14.4. The normalized spacial score (nSPS) is 19.0. The third-order valence-corrected chi connectivity index (χ3v) is 3.79. The molecule has 1 aliphatic heterocycles. The Hall–Kier alpha value is -1.60. The van der Waals surface area contributed by atoms with Crippen LogP contribution in [0.2, 0.25) is 0 Å². The molecule has 2 amide bonds. The first-order valence-corrected chi connectivity index (χ1v) is 8.36. The maximum atomic E-state index is 11.8. The van der Waals surface area contributed by atoms with Crippen LogP contribution in [0.4, 0.5) is 4.79 Å². The fraction of sp³-hybridized carbons (Fsp3) is 0.750. The van der Waals surface area contributed by atoms with Crippen molar-refractivity contribution in [1.29, 1.82) is 0 Å². The lowest BCUT2D eigenvalue weighted by atomic mass is 10.2. The number of carbonyl (C=O) groups is 1. The Balaban J connectivity index is 1.60. The minimum Gasteiger partial charge on any atom is -0.374 e. The molecule has 0 aromatic carbocycles. The first kappa shape index (κ1) is 17.7. The molecular formula is C16H29N5O2. The summed E-state index contributed by atoms with van der Waals surface area (Å²) in [6.45, 7) is 9.27. The smallest absolute Gasteiger partial charge is 0.314 e. The second-order valence-corrected chi connectivity index (χ2v) is 6.56. The van der Waals surface area contributed by atoms with Crippen molar-refractivity contribution in [3.63, 3.8) is 0 Å². The predicted molar refractivity (Wildman–Crippen MR) is 89.3 cm³/mol. The van der Waals surface area contributed by atoms with E-state index in [0.29, 0.717) is 19.0 Å². The molecule has 0 unspecified atom stereocenters. The monoisotopic (exact) mass is 323 g/mol. The first-order valence-electron chi connectivity index (χ1n) is 8.36. The molecule has 1 atom stereocenters. The van der Waals surface area contributed by atoms with E-state index in [0.717, 1.165) is 38.2 Å². The van der Waals surface area contributed by atoms with E-state index in [4.69, 9.17) is 4.74 Å². The number of morpholine rings is 1. The Morgan fingerprint density at radius 1 is 1.48 bits per heavy atom. The van der Waals surface area contributed by atoms with E-state index in [1.165, 1.54) is 0 Å². The summed E-state index contributed by atoms with van der Waals surface area (Å²) in [6, 6.07) is -0.140. The molecule has 0 aliphatic carbocycles. The zero-order chi connectivity index (χ0) is 16.7. The van der Waals surface area contributed by atoms with E-state index in [2.05, 4.69) is 34.5 Å². The number of amides is 2. The van der Waals surface area contributed by atoms with E-state index < -0.39 is 0 Å². The van der Waals surface area contributed by atoms with E-state index in [-0.39, 0.29) is 12.1 Å². The third kappa shape index (κ3) is 6.58. The number of aromatic nitrogens is 2. The van der Waals surface area contributed by atoms with Gasteiger partial charge in [0.2, 0.25) is 0 Å². The summed E-state index contributed by atoms with van der Waals surface area (Å²) in [7, 11) is 1.89. The SMILES string of the molecule is CC(C)CN1CCO[C@@H](CNC(=O)NCCc2cnn(C)c2)C1. The Morgan fingerprint density at radius 2 is 2.30 bits per heavy atom. The number of aryl methyl sites for hydroxylation is 1. The van der Waals surface area contributed by atoms with Gasteiger partial charge in [0, 0.05) is 46.0 Å². The molecule has 1 aliphatic rings. The van der Waals surface area contributed by atoms with Crippen molar-refractivity contribution in [2.75, 3.05) is 39.3 Å². The second-order valence-electron chi connectivity index (χ2n) is 6.56. The number of ether oxygens (including phenoxy) is 1. The average molecular weight is 323 g/mol. The molecule has 7 nitrogen and oxygen atoms in total. The first-order chi connectivity index (χ1) is 11.0. The standard InChI is InChI=1S/C16H29N5O2/c1-13(2)10-21-6-7-23-15(12-21)9-18-16(22)17-5-4-14-8-19-20(3)11-14/h8,11,13,15H,4-7,9-10,12H2,1-3H3,(H2,17,18,22)/t15-/m0/s1. The molecule has 130 valence electrons. The van der Waals surface area contributed by atoms with Crippen LogP contribution in [-0.2, 0) is 18.2 Å². The number of nitrogens with zero attached hydrogens (tertiary/aromatic N) is 3. The molecule has 7 heteroatoms. The van der Waals surface area contributed by atoms with Gasteiger partial charge in [-0.2, -0.15) is 5.10 Å². The third-order valence-electron chi connectivity index (χ3n) is 3.79. The summed E-state index contributed by atoms with van der Waals surface area (Å²) < 4.78 is 7.48. The van der Waals surface area contributed by atoms with E-state index >= 15 is 0 Å². The van der Waals surface area contributed by atoms with Crippen molar-refractivity contribution >= 4 is 6.03 Å². The lowest BCUT2D eigenvalue weighted by molar-refractivity contribution is -0.0290. The maximum Gasteiger partial charge on any atom is 0.314 e.